The largest absolute Gasteiger partial charge is 0.547 e. The minimum Gasteiger partial charge on any atom is -0.547 e. The molecule has 1 rings (SSSR count). The van der Waals surface area contributed by atoms with Gasteiger partial charge >= 0.3 is 0 Å². The molecule has 1 aliphatic carbocycles. The van der Waals surface area contributed by atoms with E-state index in [0.717, 1.165) is 6.42 Å². The van der Waals surface area contributed by atoms with Crippen molar-refractivity contribution in [2.75, 3.05) is 0 Å². The Hall–Kier alpha value is -0.286. The van der Waals surface area contributed by atoms with E-state index in [1.54, 1.807) is 10.8 Å². The molecule has 0 aromatic carbocycles. The standard InChI is InChI=1S/C13H26OSi2/c1-7-8-11-12(14-16(4,5)6)9-10-13(11)15(2)3/h10,15H,7-9H2,1-6H3. The first kappa shape index (κ1) is 13.8. The summed E-state index contributed by atoms with van der Waals surface area (Å²) in [5, 5.41) is 1.66. The molecule has 1 nitrogen and oxygen atoms in total. The van der Waals surface area contributed by atoms with E-state index in [4.69, 9.17) is 4.43 Å². The van der Waals surface area contributed by atoms with E-state index in [1.807, 2.05) is 0 Å². The summed E-state index contributed by atoms with van der Waals surface area (Å²) in [6, 6.07) is 0. The van der Waals surface area contributed by atoms with Gasteiger partial charge in [0.2, 0.25) is 8.32 Å². The molecule has 0 fully saturated rings. The Labute approximate surface area is 103 Å². The third-order valence-electron chi connectivity index (χ3n) is 2.74. The van der Waals surface area contributed by atoms with Crippen molar-refractivity contribution in [3.8, 4) is 0 Å². The lowest BCUT2D eigenvalue weighted by Gasteiger charge is -2.22. The summed E-state index contributed by atoms with van der Waals surface area (Å²) in [7, 11) is -2.11. The minimum atomic E-state index is -1.43. The molecule has 3 heteroatoms. The fraction of sp³-hybridized carbons (Fsp3) is 0.692. The van der Waals surface area contributed by atoms with Crippen LogP contribution in [0.25, 0.3) is 0 Å². The smallest absolute Gasteiger partial charge is 0.241 e. The summed E-state index contributed by atoms with van der Waals surface area (Å²) in [6.45, 7) is 13.9. The second-order valence-electron chi connectivity index (χ2n) is 5.88. The van der Waals surface area contributed by atoms with E-state index in [2.05, 4.69) is 45.7 Å². The third kappa shape index (κ3) is 3.63. The fourth-order valence-electron chi connectivity index (χ4n) is 2.20. The molecule has 0 aliphatic heterocycles. The van der Waals surface area contributed by atoms with Crippen molar-refractivity contribution in [2.24, 2.45) is 0 Å². The molecule has 16 heavy (non-hydrogen) atoms. The number of hydrogen-bond donors (Lipinski definition) is 0. The summed E-state index contributed by atoms with van der Waals surface area (Å²) in [5.74, 6) is 1.30. The van der Waals surface area contributed by atoms with Crippen molar-refractivity contribution >= 4 is 17.1 Å². The van der Waals surface area contributed by atoms with Gasteiger partial charge in [-0.1, -0.05) is 37.7 Å². The highest BCUT2D eigenvalue weighted by molar-refractivity contribution is 6.70. The molecule has 0 radical (unpaired) electrons. The zero-order chi connectivity index (χ0) is 12.3. The topological polar surface area (TPSA) is 9.23 Å². The summed E-state index contributed by atoms with van der Waals surface area (Å²) in [4.78, 5) is 0. The molecule has 0 aromatic rings. The average molecular weight is 255 g/mol. The van der Waals surface area contributed by atoms with Crippen molar-refractivity contribution in [3.05, 3.63) is 22.6 Å². The lowest BCUT2D eigenvalue weighted by atomic mass is 10.1. The van der Waals surface area contributed by atoms with Crippen LogP contribution in [0.4, 0.5) is 0 Å². The maximum atomic E-state index is 6.23. The zero-order valence-corrected chi connectivity index (χ0v) is 13.8. The first-order valence-electron chi connectivity index (χ1n) is 6.46. The zero-order valence-electron chi connectivity index (χ0n) is 11.7. The quantitative estimate of drug-likeness (QED) is 0.667. The molecular weight excluding hydrogens is 228 g/mol. The van der Waals surface area contributed by atoms with Gasteiger partial charge in [0.15, 0.2) is 0 Å². The lowest BCUT2D eigenvalue weighted by Crippen LogP contribution is -2.25. The third-order valence-corrected chi connectivity index (χ3v) is 5.43. The SMILES string of the molecule is CCCC1=C(O[Si](C)(C)C)CC=C1[SiH](C)C. The Morgan fingerprint density at radius 2 is 1.94 bits per heavy atom. The lowest BCUT2D eigenvalue weighted by molar-refractivity contribution is 0.408. The number of allylic oxidation sites excluding steroid dienone is 3. The molecule has 0 amide bonds. The number of rotatable bonds is 5. The molecule has 1 aliphatic rings. The van der Waals surface area contributed by atoms with Gasteiger partial charge in [-0.05, 0) is 31.6 Å². The molecule has 0 N–H and O–H groups in total. The Balaban J connectivity index is 2.88. The van der Waals surface area contributed by atoms with Crippen molar-refractivity contribution in [2.45, 2.75) is 58.9 Å². The fourth-order valence-corrected chi connectivity index (χ4v) is 4.74. The Morgan fingerprint density at radius 1 is 1.31 bits per heavy atom. The van der Waals surface area contributed by atoms with Gasteiger partial charge in [-0.2, -0.15) is 0 Å². The van der Waals surface area contributed by atoms with Crippen LogP contribution in [-0.2, 0) is 4.43 Å². The Kier molecular flexibility index (Phi) is 4.62. The summed E-state index contributed by atoms with van der Waals surface area (Å²) in [6.07, 6.45) is 5.92. The molecule has 0 atom stereocenters. The van der Waals surface area contributed by atoms with E-state index in [0.29, 0.717) is 0 Å². The predicted molar refractivity (Wildman–Crippen MR) is 77.9 cm³/mol. The molecule has 0 aromatic heterocycles. The second kappa shape index (κ2) is 5.36. The van der Waals surface area contributed by atoms with Crippen molar-refractivity contribution in [1.82, 2.24) is 0 Å². The highest BCUT2D eigenvalue weighted by atomic mass is 28.4. The van der Waals surface area contributed by atoms with Crippen LogP contribution in [0.5, 0.6) is 0 Å². The van der Waals surface area contributed by atoms with E-state index in [9.17, 15) is 0 Å². The van der Waals surface area contributed by atoms with Crippen LogP contribution in [0.3, 0.4) is 0 Å². The Morgan fingerprint density at radius 3 is 2.38 bits per heavy atom. The second-order valence-corrected chi connectivity index (χ2v) is 13.2. The van der Waals surface area contributed by atoms with Gasteiger partial charge in [0.25, 0.3) is 0 Å². The van der Waals surface area contributed by atoms with Crippen LogP contribution in [-0.4, -0.2) is 17.1 Å². The van der Waals surface area contributed by atoms with Crippen LogP contribution >= 0.6 is 0 Å². The first-order chi connectivity index (χ1) is 7.35. The summed E-state index contributed by atoms with van der Waals surface area (Å²) >= 11 is 0. The average Bonchev–Trinajstić information content (AvgIpc) is 2.47. The monoisotopic (exact) mass is 254 g/mol. The van der Waals surface area contributed by atoms with Crippen molar-refractivity contribution in [1.29, 1.82) is 0 Å². The molecule has 0 spiro atoms. The van der Waals surface area contributed by atoms with E-state index < -0.39 is 17.1 Å². The van der Waals surface area contributed by atoms with Crippen LogP contribution in [0.15, 0.2) is 22.6 Å². The van der Waals surface area contributed by atoms with Gasteiger partial charge in [0.05, 0.1) is 14.6 Å². The van der Waals surface area contributed by atoms with E-state index in [-0.39, 0.29) is 0 Å². The van der Waals surface area contributed by atoms with Gasteiger partial charge in [-0.3, -0.25) is 0 Å². The number of hydrogen-bond acceptors (Lipinski definition) is 1. The van der Waals surface area contributed by atoms with Gasteiger partial charge in [0.1, 0.15) is 0 Å². The molecule has 0 bridgehead atoms. The molecule has 0 heterocycles. The summed E-state index contributed by atoms with van der Waals surface area (Å²) in [5.41, 5.74) is 1.56. The predicted octanol–water partition coefficient (Wildman–Crippen LogP) is 4.25. The van der Waals surface area contributed by atoms with E-state index in [1.165, 1.54) is 18.6 Å². The van der Waals surface area contributed by atoms with Gasteiger partial charge in [-0.15, -0.1) is 0 Å². The van der Waals surface area contributed by atoms with Crippen molar-refractivity contribution in [3.63, 3.8) is 0 Å². The molecule has 0 saturated carbocycles. The van der Waals surface area contributed by atoms with Crippen LogP contribution in [0.2, 0.25) is 32.7 Å². The minimum absolute atomic E-state index is 0.680. The van der Waals surface area contributed by atoms with Crippen LogP contribution < -0.4 is 0 Å². The highest BCUT2D eigenvalue weighted by Gasteiger charge is 2.25. The summed E-state index contributed by atoms with van der Waals surface area (Å²) < 4.78 is 6.23. The maximum Gasteiger partial charge on any atom is 0.241 e. The van der Waals surface area contributed by atoms with Crippen LogP contribution in [0.1, 0.15) is 26.2 Å². The highest BCUT2D eigenvalue weighted by Crippen LogP contribution is 2.33. The van der Waals surface area contributed by atoms with Gasteiger partial charge in [-0.25, -0.2) is 0 Å². The van der Waals surface area contributed by atoms with Gasteiger partial charge < -0.3 is 4.43 Å². The van der Waals surface area contributed by atoms with Crippen molar-refractivity contribution < 1.29 is 4.43 Å². The molecule has 0 saturated heterocycles. The Bertz CT molecular complexity index is 308. The van der Waals surface area contributed by atoms with Gasteiger partial charge in [0, 0.05) is 6.42 Å². The molecule has 92 valence electrons. The molecular formula is C13H26OSi2. The van der Waals surface area contributed by atoms with Crippen LogP contribution in [0, 0.1) is 0 Å². The van der Waals surface area contributed by atoms with E-state index >= 15 is 0 Å². The normalized spacial score (nSPS) is 17.1. The maximum absolute atomic E-state index is 6.23. The first-order valence-corrected chi connectivity index (χ1v) is 12.8. The molecule has 0 unspecified atom stereocenters.